The molecule has 1 aromatic rings. The number of primary amides is 1. The fourth-order valence-corrected chi connectivity index (χ4v) is 3.98. The van der Waals surface area contributed by atoms with Gasteiger partial charge in [-0.25, -0.2) is 0 Å². The van der Waals surface area contributed by atoms with Crippen LogP contribution in [0.3, 0.4) is 0 Å². The summed E-state index contributed by atoms with van der Waals surface area (Å²) in [7, 11) is 0. The van der Waals surface area contributed by atoms with Gasteiger partial charge in [-0.2, -0.15) is 5.48 Å². The van der Waals surface area contributed by atoms with Crippen molar-refractivity contribution in [3.63, 3.8) is 0 Å². The van der Waals surface area contributed by atoms with Gasteiger partial charge in [-0.15, -0.1) is 11.3 Å². The van der Waals surface area contributed by atoms with Crippen molar-refractivity contribution in [3.8, 4) is 0 Å². The molecule has 0 spiro atoms. The number of hydroxylamine groups is 1. The molecular weight excluding hydrogens is 339 g/mol. The number of fused-ring (bicyclic) bond motifs is 1. The van der Waals surface area contributed by atoms with Crippen LogP contribution in [0.1, 0.15) is 29.3 Å². The maximum absolute atomic E-state index is 10.5. The quantitative estimate of drug-likeness (QED) is 0.641. The van der Waals surface area contributed by atoms with Gasteiger partial charge < -0.3 is 5.73 Å². The number of carbonyl (C=O) groups excluding carboxylic acids is 1. The maximum atomic E-state index is 10.5. The van der Waals surface area contributed by atoms with Crippen LogP contribution in [0.15, 0.2) is 6.07 Å². The van der Waals surface area contributed by atoms with E-state index < -0.39 is 5.91 Å². The summed E-state index contributed by atoms with van der Waals surface area (Å²) in [5, 5.41) is 0. The van der Waals surface area contributed by atoms with E-state index in [-0.39, 0.29) is 12.6 Å². The second-order valence-electron chi connectivity index (χ2n) is 3.75. The van der Waals surface area contributed by atoms with Gasteiger partial charge in [0.15, 0.2) is 0 Å². The fourth-order valence-electron chi connectivity index (χ4n) is 1.86. The molecule has 1 aliphatic rings. The van der Waals surface area contributed by atoms with Crippen LogP contribution >= 0.6 is 33.9 Å². The maximum Gasteiger partial charge on any atom is 0.245 e. The monoisotopic (exact) mass is 352 g/mol. The third-order valence-corrected chi connectivity index (χ3v) is 4.49. The molecule has 1 atom stereocenters. The van der Waals surface area contributed by atoms with Crippen molar-refractivity contribution in [2.75, 3.05) is 6.61 Å². The summed E-state index contributed by atoms with van der Waals surface area (Å²) in [6, 6.07) is 2.38. The second-order valence-corrected chi connectivity index (χ2v) is 6.78. The number of aryl methyl sites for hydroxylation is 1. The molecule has 3 N–H and O–H groups in total. The summed E-state index contributed by atoms with van der Waals surface area (Å²) in [6.45, 7) is -0.0763. The molecule has 0 aromatic carbocycles. The number of hydrogen-bond donors (Lipinski definition) is 2. The Morgan fingerprint density at radius 3 is 3.31 bits per heavy atom. The minimum Gasteiger partial charge on any atom is -0.368 e. The first-order valence-corrected chi connectivity index (χ1v) is 7.00. The van der Waals surface area contributed by atoms with Gasteiger partial charge in [0, 0.05) is 4.88 Å². The zero-order chi connectivity index (χ0) is 11.5. The van der Waals surface area contributed by atoms with Gasteiger partial charge in [-0.3, -0.25) is 9.63 Å². The van der Waals surface area contributed by atoms with E-state index in [1.807, 2.05) is 11.3 Å². The smallest absolute Gasteiger partial charge is 0.245 e. The molecule has 0 aliphatic heterocycles. The molecule has 6 heteroatoms. The molecule has 4 nitrogen and oxygen atoms in total. The third-order valence-electron chi connectivity index (χ3n) is 2.52. The molecule has 0 saturated heterocycles. The summed E-state index contributed by atoms with van der Waals surface area (Å²) in [6.07, 6.45) is 3.34. The zero-order valence-corrected chi connectivity index (χ0v) is 11.6. The van der Waals surface area contributed by atoms with Crippen molar-refractivity contribution >= 4 is 39.8 Å². The van der Waals surface area contributed by atoms with E-state index in [1.165, 1.54) is 13.3 Å². The van der Waals surface area contributed by atoms with E-state index in [2.05, 4.69) is 34.1 Å². The van der Waals surface area contributed by atoms with Gasteiger partial charge in [0.05, 0.1) is 8.93 Å². The highest BCUT2D eigenvalue weighted by Crippen LogP contribution is 2.36. The van der Waals surface area contributed by atoms with Crippen LogP contribution in [-0.4, -0.2) is 12.5 Å². The van der Waals surface area contributed by atoms with E-state index in [0.29, 0.717) is 0 Å². The van der Waals surface area contributed by atoms with E-state index in [9.17, 15) is 4.79 Å². The average Bonchev–Trinajstić information content (AvgIpc) is 2.58. The number of carbonyl (C=O) groups is 1. The molecule has 1 amide bonds. The van der Waals surface area contributed by atoms with Crippen LogP contribution in [0.5, 0.6) is 0 Å². The predicted octanol–water partition coefficient (Wildman–Crippen LogP) is 1.74. The van der Waals surface area contributed by atoms with Crippen molar-refractivity contribution in [3.05, 3.63) is 19.4 Å². The van der Waals surface area contributed by atoms with Gasteiger partial charge in [0.1, 0.15) is 6.61 Å². The number of rotatable bonds is 4. The van der Waals surface area contributed by atoms with Gasteiger partial charge in [-0.05, 0) is 53.5 Å². The molecule has 1 aliphatic carbocycles. The molecule has 0 saturated carbocycles. The molecular formula is C10H13IN2O2S. The molecule has 16 heavy (non-hydrogen) atoms. The number of nitrogens with two attached hydrogens (primary N) is 1. The molecule has 0 radical (unpaired) electrons. The topological polar surface area (TPSA) is 64.4 Å². The Hall–Kier alpha value is -0.180. The number of halogens is 1. The van der Waals surface area contributed by atoms with Crippen LogP contribution in [-0.2, 0) is 16.1 Å². The largest absolute Gasteiger partial charge is 0.368 e. The molecule has 1 aromatic heterocycles. The highest BCUT2D eigenvalue weighted by atomic mass is 127. The lowest BCUT2D eigenvalue weighted by molar-refractivity contribution is -0.126. The van der Waals surface area contributed by atoms with Gasteiger partial charge in [0.2, 0.25) is 5.91 Å². The zero-order valence-electron chi connectivity index (χ0n) is 8.66. The Morgan fingerprint density at radius 1 is 1.75 bits per heavy atom. The van der Waals surface area contributed by atoms with E-state index in [0.717, 1.165) is 19.3 Å². The first kappa shape index (κ1) is 12.3. The Kier molecular flexibility index (Phi) is 4.17. The number of nitrogens with one attached hydrogen (secondary N) is 1. The normalized spacial score (nSPS) is 19.4. The number of amides is 1. The van der Waals surface area contributed by atoms with Crippen LogP contribution in [0, 0.1) is 2.88 Å². The summed E-state index contributed by atoms with van der Waals surface area (Å²) in [4.78, 5) is 17.1. The lowest BCUT2D eigenvalue weighted by Crippen LogP contribution is -2.29. The summed E-state index contributed by atoms with van der Waals surface area (Å²) >= 11 is 4.17. The third kappa shape index (κ3) is 2.93. The lowest BCUT2D eigenvalue weighted by atomic mass is 9.95. The minimum absolute atomic E-state index is 0.0763. The fraction of sp³-hybridized carbons (Fsp3) is 0.500. The van der Waals surface area contributed by atoms with Crippen LogP contribution < -0.4 is 11.2 Å². The standard InChI is InChI=1S/C10H13IN2O2S/c11-9-4-6-7(13-15-5-10(12)14)2-1-3-8(6)16-9/h4,7,13H,1-3,5H2,(H2,12,14). The van der Waals surface area contributed by atoms with E-state index in [1.54, 1.807) is 0 Å². The second kappa shape index (κ2) is 5.44. The first-order chi connectivity index (χ1) is 7.66. The SMILES string of the molecule is NC(=O)CONC1CCCc2sc(I)cc21. The Balaban J connectivity index is 1.98. The van der Waals surface area contributed by atoms with Crippen molar-refractivity contribution in [1.82, 2.24) is 5.48 Å². The van der Waals surface area contributed by atoms with E-state index in [4.69, 9.17) is 10.6 Å². The average molecular weight is 352 g/mol. The summed E-state index contributed by atoms with van der Waals surface area (Å²) in [5.74, 6) is -0.455. The lowest BCUT2D eigenvalue weighted by Gasteiger charge is -2.22. The number of thiophene rings is 1. The summed E-state index contributed by atoms with van der Waals surface area (Å²) < 4.78 is 1.30. The Labute approximate surface area is 112 Å². The molecule has 1 unspecified atom stereocenters. The van der Waals surface area contributed by atoms with Gasteiger partial charge in [0.25, 0.3) is 0 Å². The molecule has 88 valence electrons. The van der Waals surface area contributed by atoms with Gasteiger partial charge in [-0.1, -0.05) is 0 Å². The van der Waals surface area contributed by atoms with Crippen molar-refractivity contribution in [1.29, 1.82) is 0 Å². The van der Waals surface area contributed by atoms with Crippen molar-refractivity contribution in [2.24, 2.45) is 5.73 Å². The predicted molar refractivity (Wildman–Crippen MR) is 71.0 cm³/mol. The highest BCUT2D eigenvalue weighted by molar-refractivity contribution is 14.1. The number of hydrogen-bond acceptors (Lipinski definition) is 4. The molecule has 0 bridgehead atoms. The minimum atomic E-state index is -0.455. The molecule has 0 fully saturated rings. The van der Waals surface area contributed by atoms with Crippen LogP contribution in [0.4, 0.5) is 0 Å². The Morgan fingerprint density at radius 2 is 2.56 bits per heavy atom. The van der Waals surface area contributed by atoms with Crippen LogP contribution in [0.25, 0.3) is 0 Å². The van der Waals surface area contributed by atoms with Crippen molar-refractivity contribution < 1.29 is 9.63 Å². The van der Waals surface area contributed by atoms with E-state index >= 15 is 0 Å². The van der Waals surface area contributed by atoms with Crippen LogP contribution in [0.2, 0.25) is 0 Å². The van der Waals surface area contributed by atoms with Gasteiger partial charge >= 0.3 is 0 Å². The summed E-state index contributed by atoms with van der Waals surface area (Å²) in [5.41, 5.74) is 9.24. The Bertz CT molecular complexity index is 394. The molecule has 1 heterocycles. The van der Waals surface area contributed by atoms with Crippen molar-refractivity contribution in [2.45, 2.75) is 25.3 Å². The molecule has 2 rings (SSSR count). The highest BCUT2D eigenvalue weighted by Gasteiger charge is 2.22. The first-order valence-electron chi connectivity index (χ1n) is 5.10.